The fourth-order valence-electron chi connectivity index (χ4n) is 2.40. The summed E-state index contributed by atoms with van der Waals surface area (Å²) in [5.74, 6) is -0.176. The maximum atomic E-state index is 12.4. The Kier molecular flexibility index (Phi) is 7.13. The molecule has 0 fully saturated rings. The molecule has 1 atom stereocenters. The van der Waals surface area contributed by atoms with E-state index in [0.29, 0.717) is 5.11 Å². The van der Waals surface area contributed by atoms with Gasteiger partial charge < -0.3 is 16.0 Å². The minimum atomic E-state index is -0.325. The second-order valence-corrected chi connectivity index (χ2v) is 7.87. The monoisotopic (exact) mass is 381 g/mol. The maximum Gasteiger partial charge on any atom is 0.245 e. The van der Waals surface area contributed by atoms with Gasteiger partial charge in [-0.05, 0) is 42.4 Å². The molecule has 27 heavy (non-hydrogen) atoms. The van der Waals surface area contributed by atoms with E-state index in [4.69, 9.17) is 12.2 Å². The number of hydrogen-bond donors (Lipinski definition) is 3. The third-order valence-corrected chi connectivity index (χ3v) is 4.27. The van der Waals surface area contributed by atoms with Crippen molar-refractivity contribution in [3.63, 3.8) is 0 Å². The number of amides is 1. The Morgan fingerprint density at radius 2 is 1.63 bits per heavy atom. The van der Waals surface area contributed by atoms with E-state index >= 15 is 0 Å². The van der Waals surface area contributed by atoms with Crippen LogP contribution in [-0.4, -0.2) is 17.2 Å². The van der Waals surface area contributed by atoms with Gasteiger partial charge in [-0.2, -0.15) is 0 Å². The summed E-state index contributed by atoms with van der Waals surface area (Å²) in [5.41, 5.74) is 2.79. The summed E-state index contributed by atoms with van der Waals surface area (Å²) in [6, 6.07) is 17.6. The van der Waals surface area contributed by atoms with E-state index in [1.54, 1.807) is 6.08 Å². The lowest BCUT2D eigenvalue weighted by Gasteiger charge is -2.33. The number of para-hydroxylation sites is 1. The van der Waals surface area contributed by atoms with Crippen molar-refractivity contribution >= 4 is 35.0 Å². The second kappa shape index (κ2) is 9.33. The molecule has 2 rings (SSSR count). The number of carbonyl (C=O) groups is 1. The average Bonchev–Trinajstić information content (AvgIpc) is 2.61. The van der Waals surface area contributed by atoms with Crippen LogP contribution in [0.4, 0.5) is 5.69 Å². The van der Waals surface area contributed by atoms with Gasteiger partial charge in [0.25, 0.3) is 0 Å². The Hall–Kier alpha value is -2.66. The Morgan fingerprint density at radius 1 is 1.00 bits per heavy atom. The highest BCUT2D eigenvalue weighted by atomic mass is 32.1. The molecular formula is C22H27N3OS. The first-order chi connectivity index (χ1) is 12.8. The summed E-state index contributed by atoms with van der Waals surface area (Å²) in [6.45, 7) is 8.15. The molecule has 1 amide bonds. The first-order valence-corrected chi connectivity index (χ1v) is 9.33. The van der Waals surface area contributed by atoms with Gasteiger partial charge in [0.2, 0.25) is 5.91 Å². The van der Waals surface area contributed by atoms with E-state index in [0.717, 1.165) is 16.8 Å². The summed E-state index contributed by atoms with van der Waals surface area (Å²) in [4.78, 5) is 12.4. The van der Waals surface area contributed by atoms with Gasteiger partial charge in [0.15, 0.2) is 5.11 Å². The molecule has 0 heterocycles. The summed E-state index contributed by atoms with van der Waals surface area (Å²) in [7, 11) is 0. The molecule has 0 radical (unpaired) electrons. The molecule has 1 unspecified atom stereocenters. The van der Waals surface area contributed by atoms with Gasteiger partial charge in [-0.25, -0.2) is 0 Å². The third kappa shape index (κ3) is 6.87. The van der Waals surface area contributed by atoms with Gasteiger partial charge in [0, 0.05) is 17.2 Å². The molecule has 2 aromatic rings. The van der Waals surface area contributed by atoms with Crippen molar-refractivity contribution in [2.45, 2.75) is 33.9 Å². The second-order valence-electron chi connectivity index (χ2n) is 7.47. The van der Waals surface area contributed by atoms with Crippen LogP contribution in [0.5, 0.6) is 0 Å². The molecule has 0 aliphatic heterocycles. The normalized spacial score (nSPS) is 12.4. The predicted octanol–water partition coefficient (Wildman–Crippen LogP) is 4.48. The van der Waals surface area contributed by atoms with Crippen LogP contribution in [0.1, 0.15) is 31.9 Å². The quantitative estimate of drug-likeness (QED) is 0.406. The average molecular weight is 382 g/mol. The number of aryl methyl sites for hydroxylation is 1. The molecule has 0 aromatic heterocycles. The molecule has 4 nitrogen and oxygen atoms in total. The number of benzene rings is 2. The lowest BCUT2D eigenvalue weighted by Crippen LogP contribution is -2.55. The number of thiocarbonyl (C=S) groups is 1. The minimum Gasteiger partial charge on any atom is -0.342 e. The number of carbonyl (C=O) groups excluding carboxylic acids is 1. The molecule has 0 aliphatic carbocycles. The van der Waals surface area contributed by atoms with Crippen molar-refractivity contribution < 1.29 is 4.79 Å². The van der Waals surface area contributed by atoms with Crippen molar-refractivity contribution in [3.05, 3.63) is 71.8 Å². The first kappa shape index (κ1) is 20.6. The first-order valence-electron chi connectivity index (χ1n) is 8.92. The molecule has 0 saturated carbocycles. The maximum absolute atomic E-state index is 12.4. The van der Waals surface area contributed by atoms with Gasteiger partial charge in [0.1, 0.15) is 6.17 Å². The zero-order valence-electron chi connectivity index (χ0n) is 16.2. The fourth-order valence-corrected chi connectivity index (χ4v) is 2.63. The molecular weight excluding hydrogens is 354 g/mol. The van der Waals surface area contributed by atoms with E-state index in [1.807, 2.05) is 82.3 Å². The van der Waals surface area contributed by atoms with Gasteiger partial charge in [0.05, 0.1) is 0 Å². The van der Waals surface area contributed by atoms with E-state index in [1.165, 1.54) is 6.08 Å². The number of anilines is 1. The van der Waals surface area contributed by atoms with Crippen LogP contribution in [0.25, 0.3) is 6.08 Å². The van der Waals surface area contributed by atoms with Gasteiger partial charge in [-0.15, -0.1) is 0 Å². The van der Waals surface area contributed by atoms with Crippen LogP contribution in [-0.2, 0) is 4.79 Å². The van der Waals surface area contributed by atoms with Crippen LogP contribution in [0.2, 0.25) is 0 Å². The van der Waals surface area contributed by atoms with E-state index < -0.39 is 0 Å². The molecule has 5 heteroatoms. The van der Waals surface area contributed by atoms with E-state index in [-0.39, 0.29) is 17.5 Å². The minimum absolute atomic E-state index is 0.176. The summed E-state index contributed by atoms with van der Waals surface area (Å²) in [6.07, 6.45) is 3.00. The van der Waals surface area contributed by atoms with Crippen molar-refractivity contribution in [1.29, 1.82) is 0 Å². The highest BCUT2D eigenvalue weighted by Gasteiger charge is 2.26. The molecule has 0 aliphatic rings. The van der Waals surface area contributed by atoms with Crippen molar-refractivity contribution in [3.8, 4) is 0 Å². The van der Waals surface area contributed by atoms with Crippen molar-refractivity contribution in [2.75, 3.05) is 5.32 Å². The Morgan fingerprint density at radius 3 is 2.26 bits per heavy atom. The Labute approximate surface area is 167 Å². The lowest BCUT2D eigenvalue weighted by atomic mass is 9.92. The SMILES string of the molecule is Cc1ccccc1NC(=S)NC(NC(=O)C=Cc1ccccc1)C(C)(C)C. The van der Waals surface area contributed by atoms with Gasteiger partial charge in [-0.1, -0.05) is 69.3 Å². The number of rotatable bonds is 5. The van der Waals surface area contributed by atoms with E-state index in [9.17, 15) is 4.79 Å². The Balaban J connectivity index is 2.00. The van der Waals surface area contributed by atoms with Crippen molar-refractivity contribution in [2.24, 2.45) is 5.41 Å². The summed E-state index contributed by atoms with van der Waals surface area (Å²) in [5, 5.41) is 9.87. The topological polar surface area (TPSA) is 53.2 Å². The predicted molar refractivity (Wildman–Crippen MR) is 117 cm³/mol. The zero-order chi connectivity index (χ0) is 19.9. The Bertz CT molecular complexity index is 810. The van der Waals surface area contributed by atoms with Crippen LogP contribution < -0.4 is 16.0 Å². The number of hydrogen-bond acceptors (Lipinski definition) is 2. The highest BCUT2D eigenvalue weighted by molar-refractivity contribution is 7.80. The summed E-state index contributed by atoms with van der Waals surface area (Å²) >= 11 is 5.44. The fraction of sp³-hybridized carbons (Fsp3) is 0.273. The number of nitrogens with one attached hydrogen (secondary N) is 3. The molecule has 3 N–H and O–H groups in total. The molecule has 142 valence electrons. The molecule has 0 saturated heterocycles. The summed E-state index contributed by atoms with van der Waals surface area (Å²) < 4.78 is 0. The van der Waals surface area contributed by atoms with E-state index in [2.05, 4.69) is 16.0 Å². The zero-order valence-corrected chi connectivity index (χ0v) is 17.1. The molecule has 2 aromatic carbocycles. The van der Waals surface area contributed by atoms with Crippen LogP contribution in [0.15, 0.2) is 60.7 Å². The standard InChI is InChI=1S/C22H27N3OS/c1-16-10-8-9-13-18(16)23-21(27)25-20(22(2,3)4)24-19(26)15-14-17-11-6-5-7-12-17/h5-15,20H,1-4H3,(H,24,26)(H2,23,25,27). The van der Waals surface area contributed by atoms with Crippen molar-refractivity contribution in [1.82, 2.24) is 10.6 Å². The largest absolute Gasteiger partial charge is 0.342 e. The van der Waals surface area contributed by atoms with Crippen LogP contribution in [0, 0.1) is 12.3 Å². The molecule has 0 spiro atoms. The smallest absolute Gasteiger partial charge is 0.245 e. The third-order valence-electron chi connectivity index (χ3n) is 4.05. The van der Waals surface area contributed by atoms with Gasteiger partial charge >= 0.3 is 0 Å². The van der Waals surface area contributed by atoms with Crippen LogP contribution >= 0.6 is 12.2 Å². The molecule has 0 bridgehead atoms. The van der Waals surface area contributed by atoms with Crippen LogP contribution in [0.3, 0.4) is 0 Å². The van der Waals surface area contributed by atoms with Gasteiger partial charge in [-0.3, -0.25) is 4.79 Å². The highest BCUT2D eigenvalue weighted by Crippen LogP contribution is 2.18. The lowest BCUT2D eigenvalue weighted by molar-refractivity contribution is -0.118.